The minimum atomic E-state index is 0.283. The summed E-state index contributed by atoms with van der Waals surface area (Å²) in [6, 6.07) is 2.51. The van der Waals surface area contributed by atoms with Crippen molar-refractivity contribution in [2.24, 2.45) is 5.73 Å². The molecular weight excluding hydrogens is 296 g/mol. The molecule has 122 valence electrons. The van der Waals surface area contributed by atoms with Crippen LogP contribution in [0.4, 0.5) is 0 Å². The van der Waals surface area contributed by atoms with Gasteiger partial charge in [-0.3, -0.25) is 14.6 Å². The molecule has 6 heteroatoms. The number of carbonyl (C=O) groups is 1. The summed E-state index contributed by atoms with van der Waals surface area (Å²) in [6.45, 7) is 7.18. The van der Waals surface area contributed by atoms with Crippen molar-refractivity contribution in [3.05, 3.63) is 22.4 Å². The molecule has 0 atom stereocenters. The molecule has 2 N–H and O–H groups in total. The van der Waals surface area contributed by atoms with Crippen LogP contribution in [-0.2, 0) is 11.3 Å². The van der Waals surface area contributed by atoms with E-state index in [1.165, 1.54) is 5.56 Å². The van der Waals surface area contributed by atoms with E-state index in [0.717, 1.165) is 58.7 Å². The molecule has 0 aliphatic carbocycles. The van der Waals surface area contributed by atoms with Crippen LogP contribution in [0.5, 0.6) is 0 Å². The topological polar surface area (TPSA) is 52.8 Å². The van der Waals surface area contributed by atoms with E-state index >= 15 is 0 Å². The summed E-state index contributed by atoms with van der Waals surface area (Å²) in [7, 11) is 0. The second-order valence-electron chi connectivity index (χ2n) is 6.40. The number of hydrogen-bond donors (Lipinski definition) is 1. The van der Waals surface area contributed by atoms with Gasteiger partial charge in [0, 0.05) is 51.9 Å². The van der Waals surface area contributed by atoms with Gasteiger partial charge in [-0.2, -0.15) is 11.3 Å². The van der Waals surface area contributed by atoms with E-state index in [4.69, 9.17) is 5.73 Å². The third-order valence-electron chi connectivity index (χ3n) is 4.70. The highest BCUT2D eigenvalue weighted by molar-refractivity contribution is 7.07. The zero-order chi connectivity index (χ0) is 15.4. The maximum atomic E-state index is 12.4. The monoisotopic (exact) mass is 322 g/mol. The lowest BCUT2D eigenvalue weighted by molar-refractivity contribution is -0.134. The largest absolute Gasteiger partial charge is 0.339 e. The number of piperazine rings is 1. The Kier molecular flexibility index (Phi) is 5.46. The highest BCUT2D eigenvalue weighted by Gasteiger charge is 2.24. The van der Waals surface area contributed by atoms with E-state index in [9.17, 15) is 4.79 Å². The summed E-state index contributed by atoms with van der Waals surface area (Å²) in [5.74, 6) is 0.283. The minimum absolute atomic E-state index is 0.283. The Morgan fingerprint density at radius 2 is 1.86 bits per heavy atom. The standard InChI is InChI=1S/C16H26N4OS/c17-15-1-4-18(5-2-15)12-16(21)20-8-6-19(7-9-20)11-14-3-10-22-13-14/h3,10,13,15H,1-2,4-9,11-12,17H2. The van der Waals surface area contributed by atoms with E-state index in [1.807, 2.05) is 4.90 Å². The van der Waals surface area contributed by atoms with Gasteiger partial charge < -0.3 is 10.6 Å². The van der Waals surface area contributed by atoms with Gasteiger partial charge in [0.05, 0.1) is 6.54 Å². The predicted octanol–water partition coefficient (Wildman–Crippen LogP) is 0.815. The molecule has 0 bridgehead atoms. The average molecular weight is 322 g/mol. The Morgan fingerprint density at radius 1 is 1.14 bits per heavy atom. The Morgan fingerprint density at radius 3 is 2.50 bits per heavy atom. The van der Waals surface area contributed by atoms with Crippen LogP contribution in [0.15, 0.2) is 16.8 Å². The van der Waals surface area contributed by atoms with Crippen LogP contribution in [0.25, 0.3) is 0 Å². The van der Waals surface area contributed by atoms with Gasteiger partial charge in [0.15, 0.2) is 0 Å². The molecule has 2 saturated heterocycles. The minimum Gasteiger partial charge on any atom is -0.339 e. The quantitative estimate of drug-likeness (QED) is 0.891. The number of carbonyl (C=O) groups excluding carboxylic acids is 1. The molecule has 2 aliphatic rings. The van der Waals surface area contributed by atoms with Crippen molar-refractivity contribution in [3.63, 3.8) is 0 Å². The van der Waals surface area contributed by atoms with E-state index in [2.05, 4.69) is 26.6 Å². The Balaban J connectivity index is 1.40. The van der Waals surface area contributed by atoms with Gasteiger partial charge in [-0.25, -0.2) is 0 Å². The van der Waals surface area contributed by atoms with Crippen molar-refractivity contribution >= 4 is 17.2 Å². The van der Waals surface area contributed by atoms with E-state index < -0.39 is 0 Å². The molecular formula is C16H26N4OS. The second-order valence-corrected chi connectivity index (χ2v) is 7.18. The molecule has 0 aromatic carbocycles. The van der Waals surface area contributed by atoms with Crippen LogP contribution in [-0.4, -0.2) is 72.5 Å². The number of amides is 1. The van der Waals surface area contributed by atoms with Crippen LogP contribution in [0.3, 0.4) is 0 Å². The summed E-state index contributed by atoms with van der Waals surface area (Å²) in [5, 5.41) is 4.33. The third kappa shape index (κ3) is 4.29. The first-order chi connectivity index (χ1) is 10.7. The lowest BCUT2D eigenvalue weighted by Crippen LogP contribution is -2.52. The SMILES string of the molecule is NC1CCN(CC(=O)N2CCN(Cc3ccsc3)CC2)CC1. The fourth-order valence-electron chi connectivity index (χ4n) is 3.20. The molecule has 0 radical (unpaired) electrons. The number of likely N-dealkylation sites (tertiary alicyclic amines) is 1. The molecule has 1 aromatic rings. The summed E-state index contributed by atoms with van der Waals surface area (Å²) in [4.78, 5) is 19.1. The summed E-state index contributed by atoms with van der Waals surface area (Å²) in [6.07, 6.45) is 2.03. The van der Waals surface area contributed by atoms with Crippen molar-refractivity contribution in [3.8, 4) is 0 Å². The molecule has 3 heterocycles. The van der Waals surface area contributed by atoms with Gasteiger partial charge in [0.1, 0.15) is 0 Å². The Hall–Kier alpha value is -0.950. The summed E-state index contributed by atoms with van der Waals surface area (Å²) < 4.78 is 0. The lowest BCUT2D eigenvalue weighted by atomic mass is 10.1. The third-order valence-corrected chi connectivity index (χ3v) is 5.43. The Labute approximate surface area is 136 Å². The van der Waals surface area contributed by atoms with E-state index in [-0.39, 0.29) is 5.91 Å². The number of nitrogens with two attached hydrogens (primary N) is 1. The van der Waals surface area contributed by atoms with Crippen LogP contribution < -0.4 is 5.73 Å². The van der Waals surface area contributed by atoms with Crippen molar-refractivity contribution in [1.29, 1.82) is 0 Å². The Bertz CT molecular complexity index is 463. The van der Waals surface area contributed by atoms with Crippen molar-refractivity contribution in [1.82, 2.24) is 14.7 Å². The van der Waals surface area contributed by atoms with Gasteiger partial charge in [-0.15, -0.1) is 0 Å². The smallest absolute Gasteiger partial charge is 0.236 e. The van der Waals surface area contributed by atoms with Gasteiger partial charge in [0.25, 0.3) is 0 Å². The van der Waals surface area contributed by atoms with Gasteiger partial charge in [0.2, 0.25) is 5.91 Å². The lowest BCUT2D eigenvalue weighted by Gasteiger charge is -2.36. The van der Waals surface area contributed by atoms with Crippen LogP contribution in [0.1, 0.15) is 18.4 Å². The first kappa shape index (κ1) is 15.9. The maximum absolute atomic E-state index is 12.4. The van der Waals surface area contributed by atoms with Crippen molar-refractivity contribution < 1.29 is 4.79 Å². The molecule has 5 nitrogen and oxygen atoms in total. The molecule has 22 heavy (non-hydrogen) atoms. The molecule has 0 unspecified atom stereocenters. The highest BCUT2D eigenvalue weighted by Crippen LogP contribution is 2.13. The van der Waals surface area contributed by atoms with Crippen LogP contribution >= 0.6 is 11.3 Å². The van der Waals surface area contributed by atoms with E-state index in [0.29, 0.717) is 12.6 Å². The number of piperidine rings is 1. The molecule has 0 spiro atoms. The van der Waals surface area contributed by atoms with Crippen molar-refractivity contribution in [2.45, 2.75) is 25.4 Å². The van der Waals surface area contributed by atoms with Crippen LogP contribution in [0.2, 0.25) is 0 Å². The summed E-state index contributed by atoms with van der Waals surface area (Å²) in [5.41, 5.74) is 7.30. The zero-order valence-electron chi connectivity index (χ0n) is 13.1. The molecule has 3 rings (SSSR count). The van der Waals surface area contributed by atoms with Crippen molar-refractivity contribution in [2.75, 3.05) is 45.8 Å². The molecule has 2 fully saturated rings. The number of hydrogen-bond acceptors (Lipinski definition) is 5. The molecule has 0 saturated carbocycles. The number of nitrogens with zero attached hydrogens (tertiary/aromatic N) is 3. The second kappa shape index (κ2) is 7.55. The van der Waals surface area contributed by atoms with Gasteiger partial charge >= 0.3 is 0 Å². The molecule has 2 aliphatic heterocycles. The normalized spacial score (nSPS) is 22.1. The first-order valence-corrected chi connectivity index (χ1v) is 9.14. The summed E-state index contributed by atoms with van der Waals surface area (Å²) >= 11 is 1.75. The predicted molar refractivity (Wildman–Crippen MR) is 89.8 cm³/mol. The number of thiophene rings is 1. The maximum Gasteiger partial charge on any atom is 0.236 e. The molecule has 1 amide bonds. The van der Waals surface area contributed by atoms with E-state index in [1.54, 1.807) is 11.3 Å². The van der Waals surface area contributed by atoms with Gasteiger partial charge in [-0.1, -0.05) is 0 Å². The zero-order valence-corrected chi connectivity index (χ0v) is 13.9. The van der Waals surface area contributed by atoms with Gasteiger partial charge in [-0.05, 0) is 35.2 Å². The fourth-order valence-corrected chi connectivity index (χ4v) is 3.86. The molecule has 1 aromatic heterocycles. The number of rotatable bonds is 4. The highest BCUT2D eigenvalue weighted by atomic mass is 32.1. The first-order valence-electron chi connectivity index (χ1n) is 8.20. The fraction of sp³-hybridized carbons (Fsp3) is 0.688. The average Bonchev–Trinajstić information content (AvgIpc) is 3.03. The van der Waals surface area contributed by atoms with Crippen LogP contribution in [0, 0.1) is 0 Å².